The van der Waals surface area contributed by atoms with Crippen molar-refractivity contribution >= 4 is 0 Å². The molecule has 18 heavy (non-hydrogen) atoms. The molecule has 3 atom stereocenters. The molecule has 0 N–H and O–H groups in total. The second-order valence-electron chi connectivity index (χ2n) is 6.49. The summed E-state index contributed by atoms with van der Waals surface area (Å²) < 4.78 is 0. The summed E-state index contributed by atoms with van der Waals surface area (Å²) in [5, 5.41) is 9.38. The first-order chi connectivity index (χ1) is 8.74. The van der Waals surface area contributed by atoms with Crippen LogP contribution in [0.4, 0.5) is 0 Å². The van der Waals surface area contributed by atoms with Crippen LogP contribution in [0.2, 0.25) is 0 Å². The van der Waals surface area contributed by atoms with Gasteiger partial charge in [-0.05, 0) is 57.0 Å². The second-order valence-corrected chi connectivity index (χ2v) is 6.49. The Morgan fingerprint density at radius 3 is 2.50 bits per heavy atom. The first-order valence-corrected chi connectivity index (χ1v) is 7.88. The summed E-state index contributed by atoms with van der Waals surface area (Å²) in [6.45, 7) is 7.10. The van der Waals surface area contributed by atoms with Gasteiger partial charge in [0.2, 0.25) is 0 Å². The summed E-state index contributed by atoms with van der Waals surface area (Å²) in [5.41, 5.74) is 0. The molecule has 0 aromatic rings. The molecule has 3 unspecified atom stereocenters. The van der Waals surface area contributed by atoms with Crippen LogP contribution in [0.1, 0.15) is 58.8 Å². The van der Waals surface area contributed by atoms with Gasteiger partial charge in [-0.1, -0.05) is 26.7 Å². The van der Waals surface area contributed by atoms with Crippen LogP contribution in [0.25, 0.3) is 0 Å². The van der Waals surface area contributed by atoms with E-state index in [9.17, 15) is 5.26 Å². The molecular weight excluding hydrogens is 220 g/mol. The predicted octanol–water partition coefficient (Wildman–Crippen LogP) is 3.83. The van der Waals surface area contributed by atoms with E-state index in [1.807, 2.05) is 0 Å². The molecule has 2 rings (SSSR count). The average molecular weight is 248 g/mol. The van der Waals surface area contributed by atoms with Gasteiger partial charge in [0.15, 0.2) is 0 Å². The topological polar surface area (TPSA) is 27.0 Å². The van der Waals surface area contributed by atoms with Crippen LogP contribution in [0, 0.1) is 29.1 Å². The smallest absolute Gasteiger partial charge is 0.0672 e. The Kier molecular flexibility index (Phi) is 5.06. The van der Waals surface area contributed by atoms with Crippen LogP contribution in [0.15, 0.2) is 0 Å². The monoisotopic (exact) mass is 248 g/mol. The lowest BCUT2D eigenvalue weighted by Crippen LogP contribution is -2.47. The van der Waals surface area contributed by atoms with E-state index in [0.717, 1.165) is 18.3 Å². The number of likely N-dealkylation sites (tertiary alicyclic amines) is 1. The minimum Gasteiger partial charge on any atom is -0.299 e. The van der Waals surface area contributed by atoms with Gasteiger partial charge >= 0.3 is 0 Å². The number of nitriles is 1. The fourth-order valence-electron chi connectivity index (χ4n) is 3.82. The van der Waals surface area contributed by atoms with Crippen LogP contribution >= 0.6 is 0 Å². The van der Waals surface area contributed by atoms with Crippen molar-refractivity contribution in [2.24, 2.45) is 17.8 Å². The van der Waals surface area contributed by atoms with E-state index in [1.165, 1.54) is 51.6 Å². The summed E-state index contributed by atoms with van der Waals surface area (Å²) >= 11 is 0. The van der Waals surface area contributed by atoms with E-state index in [4.69, 9.17) is 0 Å². The second kappa shape index (κ2) is 6.57. The largest absolute Gasteiger partial charge is 0.299 e. The first kappa shape index (κ1) is 13.9. The van der Waals surface area contributed by atoms with Crippen LogP contribution in [-0.4, -0.2) is 24.0 Å². The molecule has 2 nitrogen and oxygen atoms in total. The number of hydrogen-bond donors (Lipinski definition) is 0. The Morgan fingerprint density at radius 2 is 1.89 bits per heavy atom. The SMILES string of the molecule is CCCC1CCC(C#N)C(N2CCC(C)CC2)C1. The highest BCUT2D eigenvalue weighted by atomic mass is 15.2. The molecule has 1 saturated carbocycles. The third-order valence-corrected chi connectivity index (χ3v) is 5.08. The van der Waals surface area contributed by atoms with Crippen molar-refractivity contribution in [3.05, 3.63) is 0 Å². The zero-order chi connectivity index (χ0) is 13.0. The predicted molar refractivity (Wildman–Crippen MR) is 75.1 cm³/mol. The summed E-state index contributed by atoms with van der Waals surface area (Å²) in [6, 6.07) is 3.15. The van der Waals surface area contributed by atoms with Gasteiger partial charge in [0.25, 0.3) is 0 Å². The van der Waals surface area contributed by atoms with E-state index in [0.29, 0.717) is 12.0 Å². The molecular formula is C16H28N2. The lowest BCUT2D eigenvalue weighted by atomic mass is 9.76. The Morgan fingerprint density at radius 1 is 1.17 bits per heavy atom. The van der Waals surface area contributed by atoms with Crippen LogP contribution in [-0.2, 0) is 0 Å². The van der Waals surface area contributed by atoms with Gasteiger partial charge < -0.3 is 0 Å². The molecule has 0 aromatic heterocycles. The van der Waals surface area contributed by atoms with Crippen molar-refractivity contribution < 1.29 is 0 Å². The van der Waals surface area contributed by atoms with E-state index < -0.39 is 0 Å². The van der Waals surface area contributed by atoms with Gasteiger partial charge in [-0.3, -0.25) is 4.90 Å². The Bertz CT molecular complexity index is 286. The molecule has 0 spiro atoms. The fraction of sp³-hybridized carbons (Fsp3) is 0.938. The number of hydrogen-bond acceptors (Lipinski definition) is 2. The molecule has 1 heterocycles. The zero-order valence-electron chi connectivity index (χ0n) is 12.1. The Balaban J connectivity index is 1.95. The molecule has 102 valence electrons. The van der Waals surface area contributed by atoms with Crippen LogP contribution in [0.3, 0.4) is 0 Å². The maximum Gasteiger partial charge on any atom is 0.0672 e. The van der Waals surface area contributed by atoms with Crippen molar-refractivity contribution in [2.75, 3.05) is 13.1 Å². The van der Waals surface area contributed by atoms with Gasteiger partial charge in [-0.25, -0.2) is 0 Å². The highest BCUT2D eigenvalue weighted by molar-refractivity contribution is 4.98. The van der Waals surface area contributed by atoms with Gasteiger partial charge in [0.1, 0.15) is 0 Å². The zero-order valence-corrected chi connectivity index (χ0v) is 12.1. The maximum absolute atomic E-state index is 9.38. The Hall–Kier alpha value is -0.550. The summed E-state index contributed by atoms with van der Waals surface area (Å²) in [7, 11) is 0. The highest BCUT2D eigenvalue weighted by Gasteiger charge is 2.35. The molecule has 1 aliphatic carbocycles. The van der Waals surface area contributed by atoms with E-state index in [1.54, 1.807) is 0 Å². The van der Waals surface area contributed by atoms with Gasteiger partial charge in [-0.2, -0.15) is 5.26 Å². The minimum absolute atomic E-state index is 0.298. The molecule has 1 aliphatic heterocycles. The van der Waals surface area contributed by atoms with Crippen molar-refractivity contribution in [1.82, 2.24) is 4.90 Å². The van der Waals surface area contributed by atoms with Crippen LogP contribution < -0.4 is 0 Å². The first-order valence-electron chi connectivity index (χ1n) is 7.88. The van der Waals surface area contributed by atoms with Crippen LogP contribution in [0.5, 0.6) is 0 Å². The summed E-state index contributed by atoms with van der Waals surface area (Å²) in [6.07, 6.45) is 9.01. The number of nitrogens with zero attached hydrogens (tertiary/aromatic N) is 2. The van der Waals surface area contributed by atoms with Gasteiger partial charge in [0.05, 0.1) is 12.0 Å². The number of rotatable bonds is 3. The van der Waals surface area contributed by atoms with E-state index >= 15 is 0 Å². The molecule has 0 aromatic carbocycles. The number of piperidine rings is 1. The quantitative estimate of drug-likeness (QED) is 0.759. The van der Waals surface area contributed by atoms with Gasteiger partial charge in [-0.15, -0.1) is 0 Å². The highest BCUT2D eigenvalue weighted by Crippen LogP contribution is 2.36. The lowest BCUT2D eigenvalue weighted by Gasteiger charge is -2.43. The molecule has 0 radical (unpaired) electrons. The molecule has 0 bridgehead atoms. The Labute approximate surface area is 112 Å². The van der Waals surface area contributed by atoms with Crippen molar-refractivity contribution in [3.63, 3.8) is 0 Å². The fourth-order valence-corrected chi connectivity index (χ4v) is 3.82. The minimum atomic E-state index is 0.298. The average Bonchev–Trinajstić information content (AvgIpc) is 2.40. The maximum atomic E-state index is 9.38. The van der Waals surface area contributed by atoms with E-state index in [-0.39, 0.29) is 0 Å². The molecule has 2 heteroatoms. The summed E-state index contributed by atoms with van der Waals surface area (Å²) in [5.74, 6) is 2.06. The van der Waals surface area contributed by atoms with E-state index in [2.05, 4.69) is 24.8 Å². The van der Waals surface area contributed by atoms with Crippen molar-refractivity contribution in [2.45, 2.75) is 64.8 Å². The molecule has 2 aliphatic rings. The van der Waals surface area contributed by atoms with Crippen molar-refractivity contribution in [1.29, 1.82) is 5.26 Å². The third-order valence-electron chi connectivity index (χ3n) is 5.08. The standard InChI is InChI=1S/C16H28N2/c1-3-4-14-5-6-15(12-17)16(11-14)18-9-7-13(2)8-10-18/h13-16H,3-11H2,1-2H3. The molecule has 1 saturated heterocycles. The van der Waals surface area contributed by atoms with Crippen molar-refractivity contribution in [3.8, 4) is 6.07 Å². The molecule has 0 amide bonds. The molecule has 2 fully saturated rings. The lowest BCUT2D eigenvalue weighted by molar-refractivity contribution is 0.0683. The van der Waals surface area contributed by atoms with Gasteiger partial charge in [0, 0.05) is 6.04 Å². The normalized spacial score (nSPS) is 35.3. The summed E-state index contributed by atoms with van der Waals surface area (Å²) in [4.78, 5) is 2.63. The third kappa shape index (κ3) is 3.26.